The summed E-state index contributed by atoms with van der Waals surface area (Å²) in [6, 6.07) is 7.10. The molecule has 4 aromatic rings. The van der Waals surface area contributed by atoms with Crippen LogP contribution in [0.3, 0.4) is 0 Å². The fourth-order valence-corrected chi connectivity index (χ4v) is 5.36. The molecule has 1 aliphatic rings. The maximum absolute atomic E-state index is 14.1. The fourth-order valence-electron chi connectivity index (χ4n) is 5.36. The van der Waals surface area contributed by atoms with E-state index in [1.807, 2.05) is 50.1 Å². The van der Waals surface area contributed by atoms with Crippen molar-refractivity contribution in [3.05, 3.63) is 76.6 Å². The van der Waals surface area contributed by atoms with E-state index in [0.29, 0.717) is 47.7 Å². The van der Waals surface area contributed by atoms with Crippen molar-refractivity contribution < 1.29 is 18.0 Å². The number of rotatable bonds is 4. The number of benzene rings is 1. The van der Waals surface area contributed by atoms with Crippen LogP contribution in [0.1, 0.15) is 60.2 Å². The van der Waals surface area contributed by atoms with E-state index in [2.05, 4.69) is 4.98 Å². The largest absolute Gasteiger partial charge is 0.325 e. The molecule has 1 aliphatic heterocycles. The molecule has 0 bridgehead atoms. The predicted octanol–water partition coefficient (Wildman–Crippen LogP) is 5.39. The quantitative estimate of drug-likeness (QED) is 0.368. The molecule has 182 valence electrons. The van der Waals surface area contributed by atoms with Crippen molar-refractivity contribution >= 4 is 11.6 Å². The van der Waals surface area contributed by atoms with Crippen LogP contribution in [0, 0.1) is 24.4 Å². The van der Waals surface area contributed by atoms with E-state index in [0.717, 1.165) is 17.7 Å². The van der Waals surface area contributed by atoms with Crippen molar-refractivity contribution in [2.24, 2.45) is 7.05 Å². The Morgan fingerprint density at radius 3 is 2.49 bits per heavy atom. The van der Waals surface area contributed by atoms with Crippen LogP contribution in [0.4, 0.5) is 13.2 Å². The van der Waals surface area contributed by atoms with Crippen molar-refractivity contribution in [2.45, 2.75) is 52.1 Å². The number of imidazole rings is 1. The summed E-state index contributed by atoms with van der Waals surface area (Å²) in [4.78, 5) is 20.5. The lowest BCUT2D eigenvalue weighted by Crippen LogP contribution is -2.47. The number of carbonyl (C=O) groups excluding carboxylic acids is 1. The van der Waals surface area contributed by atoms with Gasteiger partial charge in [0, 0.05) is 30.4 Å². The third kappa shape index (κ3) is 3.52. The Balaban J connectivity index is 1.64. The van der Waals surface area contributed by atoms with Crippen molar-refractivity contribution in [3.63, 3.8) is 0 Å². The standard InChI is InChI=1S/C26H26F3N5O/c1-5-16-13-17-23(31-32(4)25(17)15-11-18(27)22(29)19(28)12-15)20(6-2)34(16)26(35)24-14(3)30-21-9-7-8-10-33(21)24/h7-12,16,20H,5-6,13H2,1-4H3. The molecule has 2 unspecified atom stereocenters. The van der Waals surface area contributed by atoms with Gasteiger partial charge >= 0.3 is 0 Å². The number of amides is 1. The summed E-state index contributed by atoms with van der Waals surface area (Å²) >= 11 is 0. The minimum atomic E-state index is -1.50. The molecule has 1 aromatic carbocycles. The zero-order chi connectivity index (χ0) is 25.0. The van der Waals surface area contributed by atoms with E-state index in [4.69, 9.17) is 5.10 Å². The minimum absolute atomic E-state index is 0.128. The number of fused-ring (bicyclic) bond motifs is 2. The second-order valence-electron chi connectivity index (χ2n) is 8.97. The maximum atomic E-state index is 14.1. The molecule has 0 N–H and O–H groups in total. The van der Waals surface area contributed by atoms with Gasteiger partial charge in [-0.05, 0) is 50.5 Å². The van der Waals surface area contributed by atoms with Crippen LogP contribution in [0.2, 0.25) is 0 Å². The Labute approximate surface area is 201 Å². The first-order valence-corrected chi connectivity index (χ1v) is 11.7. The maximum Gasteiger partial charge on any atom is 0.273 e. The van der Waals surface area contributed by atoms with Gasteiger partial charge in [0.2, 0.25) is 0 Å². The highest BCUT2D eigenvalue weighted by Gasteiger charge is 2.41. The van der Waals surface area contributed by atoms with Gasteiger partial charge in [-0.3, -0.25) is 13.9 Å². The molecular weight excluding hydrogens is 455 g/mol. The van der Waals surface area contributed by atoms with Gasteiger partial charge in [0.25, 0.3) is 5.91 Å². The van der Waals surface area contributed by atoms with E-state index in [1.54, 1.807) is 16.1 Å². The lowest BCUT2D eigenvalue weighted by Gasteiger charge is -2.41. The molecule has 0 radical (unpaired) electrons. The summed E-state index contributed by atoms with van der Waals surface area (Å²) in [7, 11) is 1.70. The van der Waals surface area contributed by atoms with Gasteiger partial charge in [-0.25, -0.2) is 18.2 Å². The van der Waals surface area contributed by atoms with Crippen molar-refractivity contribution in [1.82, 2.24) is 24.1 Å². The summed E-state index contributed by atoms with van der Waals surface area (Å²) in [5.41, 5.74) is 4.14. The van der Waals surface area contributed by atoms with Crippen LogP contribution in [-0.4, -0.2) is 36.0 Å². The van der Waals surface area contributed by atoms with Gasteiger partial charge in [-0.1, -0.05) is 19.9 Å². The zero-order valence-electron chi connectivity index (χ0n) is 20.0. The fraction of sp³-hybridized carbons (Fsp3) is 0.346. The average Bonchev–Trinajstić information content (AvgIpc) is 3.35. The van der Waals surface area contributed by atoms with E-state index < -0.39 is 17.5 Å². The second kappa shape index (κ2) is 8.55. The van der Waals surface area contributed by atoms with Crippen LogP contribution in [0.5, 0.6) is 0 Å². The normalized spacial score (nSPS) is 17.7. The highest BCUT2D eigenvalue weighted by molar-refractivity contribution is 5.95. The van der Waals surface area contributed by atoms with Crippen LogP contribution < -0.4 is 0 Å². The number of aromatic nitrogens is 4. The topological polar surface area (TPSA) is 55.4 Å². The number of hydrogen-bond donors (Lipinski definition) is 0. The highest BCUT2D eigenvalue weighted by atomic mass is 19.2. The summed E-state index contributed by atoms with van der Waals surface area (Å²) in [6.45, 7) is 5.82. The number of halogens is 3. The molecule has 0 saturated carbocycles. The van der Waals surface area contributed by atoms with Gasteiger partial charge < -0.3 is 4.90 Å². The van der Waals surface area contributed by atoms with Crippen molar-refractivity contribution in [3.8, 4) is 11.3 Å². The van der Waals surface area contributed by atoms with Gasteiger partial charge in [-0.2, -0.15) is 5.10 Å². The lowest BCUT2D eigenvalue weighted by molar-refractivity contribution is 0.0505. The van der Waals surface area contributed by atoms with Crippen LogP contribution in [0.15, 0.2) is 36.5 Å². The SMILES string of the molecule is CCC1Cc2c(nn(C)c2-c2cc(F)c(F)c(F)c2)C(CC)N1C(=O)c1c(C)nc2ccccn12. The first kappa shape index (κ1) is 23.1. The number of nitrogens with zero attached hydrogens (tertiary/aromatic N) is 5. The number of hydrogen-bond acceptors (Lipinski definition) is 3. The molecule has 2 atom stereocenters. The van der Waals surface area contributed by atoms with Crippen molar-refractivity contribution in [1.29, 1.82) is 0 Å². The second-order valence-corrected chi connectivity index (χ2v) is 8.97. The first-order chi connectivity index (χ1) is 16.8. The number of carbonyl (C=O) groups is 1. The zero-order valence-corrected chi connectivity index (χ0v) is 20.0. The molecule has 0 aliphatic carbocycles. The molecule has 9 heteroatoms. The predicted molar refractivity (Wildman–Crippen MR) is 125 cm³/mol. The van der Waals surface area contributed by atoms with Gasteiger partial charge in [0.1, 0.15) is 11.3 Å². The molecule has 4 heterocycles. The summed E-state index contributed by atoms with van der Waals surface area (Å²) < 4.78 is 45.1. The van der Waals surface area contributed by atoms with Crippen LogP contribution in [0.25, 0.3) is 16.9 Å². The Morgan fingerprint density at radius 2 is 1.83 bits per heavy atom. The average molecular weight is 482 g/mol. The lowest BCUT2D eigenvalue weighted by atomic mass is 9.87. The Morgan fingerprint density at radius 1 is 1.11 bits per heavy atom. The van der Waals surface area contributed by atoms with Gasteiger partial charge in [0.15, 0.2) is 17.5 Å². The Kier molecular flexibility index (Phi) is 5.65. The molecule has 5 rings (SSSR count). The van der Waals surface area contributed by atoms with Crippen LogP contribution >= 0.6 is 0 Å². The summed E-state index contributed by atoms with van der Waals surface area (Å²) in [5.74, 6) is -4.12. The van der Waals surface area contributed by atoms with Gasteiger partial charge in [-0.15, -0.1) is 0 Å². The molecule has 35 heavy (non-hydrogen) atoms. The van der Waals surface area contributed by atoms with E-state index >= 15 is 0 Å². The van der Waals surface area contributed by atoms with Crippen LogP contribution in [-0.2, 0) is 13.5 Å². The van der Waals surface area contributed by atoms with E-state index in [-0.39, 0.29) is 23.6 Å². The minimum Gasteiger partial charge on any atom is -0.325 e. The number of aryl methyl sites for hydroxylation is 2. The summed E-state index contributed by atoms with van der Waals surface area (Å²) in [6.07, 6.45) is 3.58. The van der Waals surface area contributed by atoms with E-state index in [9.17, 15) is 18.0 Å². The van der Waals surface area contributed by atoms with Gasteiger partial charge in [0.05, 0.1) is 23.1 Å². The molecule has 6 nitrogen and oxygen atoms in total. The summed E-state index contributed by atoms with van der Waals surface area (Å²) in [5, 5.41) is 4.69. The highest BCUT2D eigenvalue weighted by Crippen LogP contribution is 2.41. The third-order valence-corrected chi connectivity index (χ3v) is 6.92. The smallest absolute Gasteiger partial charge is 0.273 e. The third-order valence-electron chi connectivity index (χ3n) is 6.92. The Hall–Kier alpha value is -3.62. The monoisotopic (exact) mass is 481 g/mol. The number of pyridine rings is 1. The van der Waals surface area contributed by atoms with E-state index in [1.165, 1.54) is 0 Å². The Bertz CT molecular complexity index is 1430. The molecule has 0 fully saturated rings. The molecular formula is C26H26F3N5O. The molecule has 3 aromatic heterocycles. The molecule has 0 spiro atoms. The van der Waals surface area contributed by atoms with Crippen molar-refractivity contribution in [2.75, 3.05) is 0 Å². The molecule has 0 saturated heterocycles. The molecule has 1 amide bonds. The first-order valence-electron chi connectivity index (χ1n) is 11.7.